The summed E-state index contributed by atoms with van der Waals surface area (Å²) in [6.07, 6.45) is -9.47. The highest BCUT2D eigenvalue weighted by molar-refractivity contribution is 7.80. The molecule has 4 aliphatic carbocycles. The Morgan fingerprint density at radius 2 is 1.62 bits per heavy atom. The number of ketones is 1. The van der Waals surface area contributed by atoms with Gasteiger partial charge < -0.3 is 54.0 Å². The van der Waals surface area contributed by atoms with Gasteiger partial charge in [0.05, 0.1) is 37.6 Å². The number of allylic oxidation sites excluding steroid dienone is 1. The Balaban J connectivity index is 1.07. The molecule has 21 atom stereocenters. The average molecular weight is 803 g/mol. The third kappa shape index (κ3) is 6.60. The van der Waals surface area contributed by atoms with Gasteiger partial charge in [-0.25, -0.2) is 4.18 Å². The number of carbonyl (C=O) groups is 1. The second-order valence-electron chi connectivity index (χ2n) is 18.4. The predicted octanol–water partition coefficient (Wildman–Crippen LogP) is 1.01. The molecule has 8 rings (SSSR count). The molecule has 6 N–H and O–H groups in total. The van der Waals surface area contributed by atoms with Crippen LogP contribution in [0.1, 0.15) is 79.6 Å². The molecule has 312 valence electrons. The van der Waals surface area contributed by atoms with E-state index >= 15 is 0 Å². The van der Waals surface area contributed by atoms with Crippen LogP contribution in [0.15, 0.2) is 11.6 Å². The van der Waals surface area contributed by atoms with E-state index in [9.17, 15) is 43.3 Å². The number of hydrogen-bond acceptors (Lipinski definition) is 15. The predicted molar refractivity (Wildman–Crippen MR) is 188 cm³/mol. The summed E-state index contributed by atoms with van der Waals surface area (Å²) in [4.78, 5) is 14.3. The van der Waals surface area contributed by atoms with Crippen molar-refractivity contribution in [2.45, 2.75) is 159 Å². The molecular weight excluding hydrogens is 744 g/mol. The fourth-order valence-corrected chi connectivity index (χ4v) is 12.8. The van der Waals surface area contributed by atoms with Crippen molar-refractivity contribution in [2.75, 3.05) is 13.2 Å². The first-order valence-corrected chi connectivity index (χ1v) is 21.3. The zero-order valence-corrected chi connectivity index (χ0v) is 32.8. The number of ether oxygens (including phenoxy) is 6. The molecule has 0 radical (unpaired) electrons. The lowest BCUT2D eigenvalue weighted by molar-refractivity contribution is -0.361. The molecule has 0 unspecified atom stereocenters. The molecule has 0 bridgehead atoms. The molecule has 55 heavy (non-hydrogen) atoms. The zero-order valence-electron chi connectivity index (χ0n) is 32.0. The molecule has 0 aromatic heterocycles. The summed E-state index contributed by atoms with van der Waals surface area (Å²) >= 11 is 0. The minimum Gasteiger partial charge on any atom is -0.393 e. The summed E-state index contributed by atoms with van der Waals surface area (Å²) in [6, 6.07) is 0. The Morgan fingerprint density at radius 3 is 2.31 bits per heavy atom. The minimum absolute atomic E-state index is 0.0315. The summed E-state index contributed by atoms with van der Waals surface area (Å²) in [5.74, 6) is -0.146. The fourth-order valence-electron chi connectivity index (χ4n) is 12.3. The number of aliphatic hydroxyl groups is 5. The molecule has 1 spiro atoms. The molecule has 7 fully saturated rings. The van der Waals surface area contributed by atoms with Gasteiger partial charge in [0.15, 0.2) is 24.2 Å². The van der Waals surface area contributed by atoms with E-state index in [-0.39, 0.29) is 59.7 Å². The molecule has 4 saturated heterocycles. The fraction of sp³-hybridized carbons (Fsp3) is 0.921. The number of fused-ring (bicyclic) bond motifs is 7. The van der Waals surface area contributed by atoms with E-state index in [1.807, 2.05) is 0 Å². The van der Waals surface area contributed by atoms with Gasteiger partial charge in [-0.3, -0.25) is 9.35 Å². The second-order valence-corrected chi connectivity index (χ2v) is 19.4. The SMILES string of the molecule is C[C@@H]1CC[C@@]2(OC1)O[C@H]1C[C@H]3[C@@H]4C(=O)C=C5C[C@@H](O)C[C@@H](O[C@@H]6OC[C@H](OS(=O)(=O)O)[C@H](O)[C@H]6O[C@@H]6O[C@@H](C)[C@H](O)[C@@H](O)[C@H]6O)[C@]5(C)[C@H]4CC[C@]3(C)[C@H]1[C@@H]2C. The largest absolute Gasteiger partial charge is 0.397 e. The number of aliphatic hydroxyl groups excluding tert-OH is 5. The summed E-state index contributed by atoms with van der Waals surface area (Å²) < 4.78 is 75.1. The standard InChI is InChI=1S/C38H58O16S/c1-16-6-9-38(49-14-16)17(2)28-24(53-38)13-22-27-21(7-8-36(22,28)4)37(5)19(11-23(27)40)10-20(39)12-26(37)51-35-33(30(42)25(15-48-35)54-55(45,46)47)52-34-32(44)31(43)29(41)18(3)50-34/h11,16-18,20-22,24-35,39,41-44H,6-10,12-15H2,1-5H3,(H,45,46,47)/t16-,17+,18+,20-,21+,22+,24+,25+,26-,27-,28+,29+,30+,31-,32-,33-,34+,35+,36+,37+,38-/m1/s1. The van der Waals surface area contributed by atoms with Crippen LogP contribution in [0, 0.1) is 46.3 Å². The van der Waals surface area contributed by atoms with Gasteiger partial charge in [0, 0.05) is 30.1 Å². The summed E-state index contributed by atoms with van der Waals surface area (Å²) in [5.41, 5.74) is -0.184. The van der Waals surface area contributed by atoms with Crippen molar-refractivity contribution in [3.63, 3.8) is 0 Å². The van der Waals surface area contributed by atoms with Gasteiger partial charge in [-0.15, -0.1) is 0 Å². The first kappa shape index (κ1) is 40.6. The van der Waals surface area contributed by atoms with Crippen LogP contribution in [0.5, 0.6) is 0 Å². The first-order valence-electron chi connectivity index (χ1n) is 20.0. The van der Waals surface area contributed by atoms with E-state index < -0.39 is 95.7 Å². The quantitative estimate of drug-likeness (QED) is 0.206. The number of hydrogen-bond donors (Lipinski definition) is 6. The third-order valence-electron chi connectivity index (χ3n) is 15.3. The van der Waals surface area contributed by atoms with E-state index in [2.05, 4.69) is 31.9 Å². The van der Waals surface area contributed by atoms with Crippen molar-refractivity contribution in [3.8, 4) is 0 Å². The lowest BCUT2D eigenvalue weighted by Gasteiger charge is -2.60. The number of rotatable bonds is 6. The van der Waals surface area contributed by atoms with Crippen molar-refractivity contribution in [1.82, 2.24) is 0 Å². The molecule has 17 heteroatoms. The molecule has 3 saturated carbocycles. The molecule has 4 heterocycles. The maximum Gasteiger partial charge on any atom is 0.397 e. The normalized spacial score (nSPS) is 55.3. The van der Waals surface area contributed by atoms with Crippen LogP contribution in [0.4, 0.5) is 0 Å². The van der Waals surface area contributed by atoms with Gasteiger partial charge in [0.1, 0.15) is 36.6 Å². The Bertz CT molecular complexity index is 1620. The van der Waals surface area contributed by atoms with Gasteiger partial charge in [0.25, 0.3) is 0 Å². The molecular formula is C38H58O16S. The highest BCUT2D eigenvalue weighted by Crippen LogP contribution is 2.70. The van der Waals surface area contributed by atoms with E-state index in [4.69, 9.17) is 28.4 Å². The maximum atomic E-state index is 14.3. The van der Waals surface area contributed by atoms with Crippen LogP contribution in [0.3, 0.4) is 0 Å². The monoisotopic (exact) mass is 802 g/mol. The lowest BCUT2D eigenvalue weighted by Crippen LogP contribution is -2.64. The van der Waals surface area contributed by atoms with Crippen molar-refractivity contribution in [2.24, 2.45) is 46.3 Å². The van der Waals surface area contributed by atoms with Crippen molar-refractivity contribution in [3.05, 3.63) is 11.6 Å². The van der Waals surface area contributed by atoms with E-state index in [1.165, 1.54) is 6.92 Å². The average Bonchev–Trinajstić information content (AvgIpc) is 3.56. The molecule has 0 amide bonds. The van der Waals surface area contributed by atoms with Crippen LogP contribution in [-0.4, -0.2) is 137 Å². The van der Waals surface area contributed by atoms with Crippen LogP contribution < -0.4 is 0 Å². The van der Waals surface area contributed by atoms with Crippen molar-refractivity contribution in [1.29, 1.82) is 0 Å². The van der Waals surface area contributed by atoms with Crippen LogP contribution >= 0.6 is 0 Å². The van der Waals surface area contributed by atoms with Crippen molar-refractivity contribution < 1.29 is 75.9 Å². The van der Waals surface area contributed by atoms with Gasteiger partial charge in [-0.1, -0.05) is 33.3 Å². The van der Waals surface area contributed by atoms with Gasteiger partial charge in [-0.05, 0) is 74.2 Å². The Kier molecular flexibility index (Phi) is 10.5. The zero-order chi connectivity index (χ0) is 39.6. The lowest BCUT2D eigenvalue weighted by atomic mass is 9.46. The molecule has 8 aliphatic rings. The topological polar surface area (TPSA) is 237 Å². The minimum atomic E-state index is -5.06. The van der Waals surface area contributed by atoms with Crippen LogP contribution in [0.25, 0.3) is 0 Å². The van der Waals surface area contributed by atoms with E-state index in [0.29, 0.717) is 18.9 Å². The first-order chi connectivity index (χ1) is 25.8. The van der Waals surface area contributed by atoms with Gasteiger partial charge in [0.2, 0.25) is 0 Å². The van der Waals surface area contributed by atoms with E-state index in [0.717, 1.165) is 31.3 Å². The Morgan fingerprint density at radius 1 is 0.873 bits per heavy atom. The second kappa shape index (κ2) is 14.2. The van der Waals surface area contributed by atoms with Gasteiger partial charge >= 0.3 is 10.4 Å². The van der Waals surface area contributed by atoms with Crippen LogP contribution in [-0.2, 0) is 47.8 Å². The van der Waals surface area contributed by atoms with Crippen molar-refractivity contribution >= 4 is 16.2 Å². The molecule has 0 aromatic rings. The highest BCUT2D eigenvalue weighted by Gasteiger charge is 2.70. The van der Waals surface area contributed by atoms with Gasteiger partial charge in [-0.2, -0.15) is 8.42 Å². The Hall–Kier alpha value is -1.16. The maximum absolute atomic E-state index is 14.3. The summed E-state index contributed by atoms with van der Waals surface area (Å²) in [7, 11) is -5.06. The smallest absolute Gasteiger partial charge is 0.393 e. The molecule has 4 aliphatic heterocycles. The van der Waals surface area contributed by atoms with Crippen LogP contribution in [0.2, 0.25) is 0 Å². The third-order valence-corrected chi connectivity index (χ3v) is 15.8. The molecule has 16 nitrogen and oxygen atoms in total. The highest BCUT2D eigenvalue weighted by atomic mass is 32.3. The summed E-state index contributed by atoms with van der Waals surface area (Å²) in [6.45, 7) is 10.4. The number of carbonyl (C=O) groups excluding carboxylic acids is 1. The van der Waals surface area contributed by atoms with E-state index in [1.54, 1.807) is 6.08 Å². The summed E-state index contributed by atoms with van der Waals surface area (Å²) in [5, 5.41) is 54.1. The molecule has 0 aromatic carbocycles. The Labute approximate surface area is 321 Å².